The molecule has 0 radical (unpaired) electrons. The smallest absolute Gasteiger partial charge is 0.319 e. The summed E-state index contributed by atoms with van der Waals surface area (Å²) < 4.78 is 24.3. The quantitative estimate of drug-likeness (QED) is 0.860. The maximum absolute atomic E-state index is 12.1. The van der Waals surface area contributed by atoms with Crippen molar-refractivity contribution in [3.8, 4) is 0 Å². The molecule has 2 amide bonds. The first-order valence-electron chi connectivity index (χ1n) is 4.87. The fourth-order valence-electron chi connectivity index (χ4n) is 1.16. The summed E-state index contributed by atoms with van der Waals surface area (Å²) in [6.45, 7) is 1.32. The van der Waals surface area contributed by atoms with Gasteiger partial charge in [-0.1, -0.05) is 0 Å². The van der Waals surface area contributed by atoms with Gasteiger partial charge in [-0.3, -0.25) is 4.98 Å². The van der Waals surface area contributed by atoms with Gasteiger partial charge in [-0.2, -0.15) is 0 Å². The molecule has 4 nitrogen and oxygen atoms in total. The Morgan fingerprint density at radius 3 is 2.62 bits per heavy atom. The molecule has 0 saturated heterocycles. The van der Waals surface area contributed by atoms with Crippen molar-refractivity contribution in [1.82, 2.24) is 9.88 Å². The van der Waals surface area contributed by atoms with E-state index < -0.39 is 19.0 Å². The van der Waals surface area contributed by atoms with Crippen molar-refractivity contribution in [2.24, 2.45) is 0 Å². The average molecular weight is 229 g/mol. The van der Waals surface area contributed by atoms with Crippen molar-refractivity contribution in [2.75, 3.05) is 18.4 Å². The minimum Gasteiger partial charge on any atom is -0.319 e. The van der Waals surface area contributed by atoms with Gasteiger partial charge >= 0.3 is 6.03 Å². The number of pyridine rings is 1. The fourth-order valence-corrected chi connectivity index (χ4v) is 1.16. The molecule has 0 aliphatic rings. The summed E-state index contributed by atoms with van der Waals surface area (Å²) in [7, 11) is 0. The number of amides is 2. The van der Waals surface area contributed by atoms with Gasteiger partial charge < -0.3 is 10.2 Å². The average Bonchev–Trinajstić information content (AvgIpc) is 2.26. The molecule has 0 aliphatic heterocycles. The molecule has 1 heterocycles. The second kappa shape index (κ2) is 5.99. The molecule has 1 rings (SSSR count). The molecule has 16 heavy (non-hydrogen) atoms. The van der Waals surface area contributed by atoms with Crippen LogP contribution in [0.5, 0.6) is 0 Å². The van der Waals surface area contributed by atoms with Crippen LogP contribution < -0.4 is 5.32 Å². The molecule has 1 N–H and O–H groups in total. The second-order valence-corrected chi connectivity index (χ2v) is 3.10. The first kappa shape index (κ1) is 12.4. The number of carbonyl (C=O) groups is 1. The van der Waals surface area contributed by atoms with Gasteiger partial charge in [-0.25, -0.2) is 13.6 Å². The summed E-state index contributed by atoms with van der Waals surface area (Å²) in [5, 5.41) is 2.51. The van der Waals surface area contributed by atoms with Crippen LogP contribution in [0.3, 0.4) is 0 Å². The third-order valence-corrected chi connectivity index (χ3v) is 1.96. The zero-order chi connectivity index (χ0) is 12.0. The lowest BCUT2D eigenvalue weighted by Crippen LogP contribution is -2.38. The van der Waals surface area contributed by atoms with E-state index in [1.165, 1.54) is 12.4 Å². The molecule has 0 fully saturated rings. The number of nitrogens with zero attached hydrogens (tertiary/aromatic N) is 2. The van der Waals surface area contributed by atoms with Crippen LogP contribution in [-0.2, 0) is 0 Å². The zero-order valence-corrected chi connectivity index (χ0v) is 8.86. The standard InChI is InChI=1S/C10H13F2N3O/c1-2-15(7-9(11)12)10(16)14-8-3-5-13-6-4-8/h3-6,9H,2,7H2,1H3,(H,13,14,16). The molecule has 0 aromatic carbocycles. The molecule has 0 spiro atoms. The number of urea groups is 1. The number of anilines is 1. The van der Waals surface area contributed by atoms with E-state index in [0.29, 0.717) is 5.69 Å². The van der Waals surface area contributed by atoms with Crippen LogP contribution in [0.1, 0.15) is 6.92 Å². The van der Waals surface area contributed by atoms with E-state index >= 15 is 0 Å². The van der Waals surface area contributed by atoms with Crippen LogP contribution >= 0.6 is 0 Å². The first-order valence-corrected chi connectivity index (χ1v) is 4.87. The third-order valence-electron chi connectivity index (χ3n) is 1.96. The summed E-state index contributed by atoms with van der Waals surface area (Å²) in [6, 6.07) is 2.65. The molecule has 0 saturated carbocycles. The van der Waals surface area contributed by atoms with Crippen LogP contribution in [0.2, 0.25) is 0 Å². The van der Waals surface area contributed by atoms with Gasteiger partial charge in [-0.05, 0) is 19.1 Å². The van der Waals surface area contributed by atoms with Crippen LogP contribution in [0, 0.1) is 0 Å². The van der Waals surface area contributed by atoms with E-state index in [1.54, 1.807) is 19.1 Å². The van der Waals surface area contributed by atoms with Crippen LogP contribution in [0.25, 0.3) is 0 Å². The van der Waals surface area contributed by atoms with Crippen molar-refractivity contribution in [1.29, 1.82) is 0 Å². The van der Waals surface area contributed by atoms with Gasteiger partial charge in [0.15, 0.2) is 0 Å². The lowest BCUT2D eigenvalue weighted by Gasteiger charge is -2.20. The van der Waals surface area contributed by atoms with Gasteiger partial charge in [0.25, 0.3) is 6.43 Å². The number of aromatic nitrogens is 1. The van der Waals surface area contributed by atoms with E-state index in [-0.39, 0.29) is 6.54 Å². The van der Waals surface area contributed by atoms with Crippen LogP contribution in [-0.4, -0.2) is 35.4 Å². The van der Waals surface area contributed by atoms with E-state index in [0.717, 1.165) is 4.90 Å². The van der Waals surface area contributed by atoms with Gasteiger partial charge in [0, 0.05) is 24.6 Å². The minimum absolute atomic E-state index is 0.237. The monoisotopic (exact) mass is 229 g/mol. The fraction of sp³-hybridized carbons (Fsp3) is 0.400. The number of alkyl halides is 2. The molecular formula is C10H13F2N3O. The Balaban J connectivity index is 2.56. The lowest BCUT2D eigenvalue weighted by molar-refractivity contribution is 0.104. The number of hydrogen-bond acceptors (Lipinski definition) is 2. The molecular weight excluding hydrogens is 216 g/mol. The molecule has 1 aromatic heterocycles. The highest BCUT2D eigenvalue weighted by Crippen LogP contribution is 2.06. The van der Waals surface area contributed by atoms with Gasteiger partial charge in [0.05, 0.1) is 6.54 Å². The normalized spacial score (nSPS) is 10.2. The minimum atomic E-state index is -2.52. The highest BCUT2D eigenvalue weighted by molar-refractivity contribution is 5.89. The summed E-state index contributed by atoms with van der Waals surface area (Å²) in [6.07, 6.45) is 0.501. The predicted molar refractivity (Wildman–Crippen MR) is 56.5 cm³/mol. The van der Waals surface area contributed by atoms with Crippen molar-refractivity contribution < 1.29 is 13.6 Å². The Labute approximate surface area is 92.3 Å². The number of hydrogen-bond donors (Lipinski definition) is 1. The second-order valence-electron chi connectivity index (χ2n) is 3.10. The summed E-state index contributed by atoms with van der Waals surface area (Å²) in [5.41, 5.74) is 0.535. The van der Waals surface area contributed by atoms with E-state index in [1.807, 2.05) is 0 Å². The number of rotatable bonds is 4. The number of nitrogens with one attached hydrogen (secondary N) is 1. The Hall–Kier alpha value is -1.72. The summed E-state index contributed by atoms with van der Waals surface area (Å²) in [4.78, 5) is 16.4. The molecule has 1 aromatic rings. The Morgan fingerprint density at radius 1 is 1.50 bits per heavy atom. The van der Waals surface area contributed by atoms with Crippen molar-refractivity contribution in [3.05, 3.63) is 24.5 Å². The molecule has 0 atom stereocenters. The maximum atomic E-state index is 12.1. The van der Waals surface area contributed by atoms with Crippen LogP contribution in [0.15, 0.2) is 24.5 Å². The Morgan fingerprint density at radius 2 is 2.12 bits per heavy atom. The van der Waals surface area contributed by atoms with Crippen LogP contribution in [0.4, 0.5) is 19.3 Å². The van der Waals surface area contributed by atoms with Gasteiger partial charge in [0.2, 0.25) is 0 Å². The third kappa shape index (κ3) is 3.80. The lowest BCUT2D eigenvalue weighted by atomic mass is 10.4. The maximum Gasteiger partial charge on any atom is 0.322 e. The summed E-state index contributed by atoms with van der Waals surface area (Å²) >= 11 is 0. The first-order chi connectivity index (χ1) is 7.63. The van der Waals surface area contributed by atoms with E-state index in [9.17, 15) is 13.6 Å². The molecule has 0 unspecified atom stereocenters. The molecule has 88 valence electrons. The van der Waals surface area contributed by atoms with Crippen molar-refractivity contribution >= 4 is 11.7 Å². The highest BCUT2D eigenvalue weighted by Gasteiger charge is 2.16. The zero-order valence-electron chi connectivity index (χ0n) is 8.86. The van der Waals surface area contributed by atoms with Gasteiger partial charge in [-0.15, -0.1) is 0 Å². The van der Waals surface area contributed by atoms with E-state index in [4.69, 9.17) is 0 Å². The number of halogens is 2. The predicted octanol–water partition coefficient (Wildman–Crippen LogP) is 2.20. The Kier molecular flexibility index (Phi) is 4.63. The van der Waals surface area contributed by atoms with Crippen molar-refractivity contribution in [3.63, 3.8) is 0 Å². The van der Waals surface area contributed by atoms with Gasteiger partial charge in [0.1, 0.15) is 0 Å². The Bertz CT molecular complexity index is 332. The van der Waals surface area contributed by atoms with Crippen molar-refractivity contribution in [2.45, 2.75) is 13.3 Å². The number of carbonyl (C=O) groups excluding carboxylic acids is 1. The largest absolute Gasteiger partial charge is 0.322 e. The molecule has 6 heteroatoms. The SMILES string of the molecule is CCN(CC(F)F)C(=O)Nc1ccncc1. The summed E-state index contributed by atoms with van der Waals surface area (Å²) in [5.74, 6) is 0. The molecule has 0 aliphatic carbocycles. The highest BCUT2D eigenvalue weighted by atomic mass is 19.3. The van der Waals surface area contributed by atoms with E-state index in [2.05, 4.69) is 10.3 Å². The topological polar surface area (TPSA) is 45.2 Å². The molecule has 0 bridgehead atoms.